The fourth-order valence-corrected chi connectivity index (χ4v) is 4.26. The zero-order chi connectivity index (χ0) is 16.6. The van der Waals surface area contributed by atoms with E-state index in [1.54, 1.807) is 0 Å². The third-order valence-electron chi connectivity index (χ3n) is 2.91. The molecule has 0 aromatic heterocycles. The lowest BCUT2D eigenvalue weighted by Crippen LogP contribution is -2.34. The van der Waals surface area contributed by atoms with E-state index in [9.17, 15) is 4.57 Å². The first-order valence-corrected chi connectivity index (χ1v) is 11.2. The average molecular weight is 443 g/mol. The fourth-order valence-electron chi connectivity index (χ4n) is 0.991. The summed E-state index contributed by atoms with van der Waals surface area (Å²) in [6.07, 6.45) is 0. The van der Waals surface area contributed by atoms with Crippen LogP contribution in [0.5, 0.6) is 0 Å². The first-order valence-electron chi connectivity index (χ1n) is 6.00. The second-order valence-corrected chi connectivity index (χ2v) is 8.78. The molecule has 0 saturated heterocycles. The highest BCUT2D eigenvalue weighted by Gasteiger charge is 2.34. The van der Waals surface area contributed by atoms with Gasteiger partial charge in [0.1, 0.15) is 0 Å². The van der Waals surface area contributed by atoms with E-state index < -0.39 is 18.4 Å². The van der Waals surface area contributed by atoms with Gasteiger partial charge >= 0.3 is 7.60 Å². The minimum absolute atomic E-state index is 0.0346. The van der Waals surface area contributed by atoms with Gasteiger partial charge in [0, 0.05) is 52.8 Å². The molecule has 0 saturated carbocycles. The largest absolute Gasteiger partial charge is 0.327 e. The zero-order valence-electron chi connectivity index (χ0n) is 11.6. The SMILES string of the molecule is CP(=O)(OCC(CCl)(CCl)CCl)OCC(CCl)(CCl)CCl. The van der Waals surface area contributed by atoms with Crippen molar-refractivity contribution in [1.29, 1.82) is 0 Å². The predicted molar refractivity (Wildman–Crippen MR) is 94.6 cm³/mol. The Bertz CT molecular complexity index is 291. The van der Waals surface area contributed by atoms with Gasteiger partial charge in [0.05, 0.1) is 13.2 Å². The summed E-state index contributed by atoms with van der Waals surface area (Å²) < 4.78 is 23.0. The molecule has 128 valence electrons. The molecule has 0 fully saturated rings. The van der Waals surface area contributed by atoms with Gasteiger partial charge in [-0.05, 0) is 0 Å². The lowest BCUT2D eigenvalue weighted by Gasteiger charge is -2.30. The van der Waals surface area contributed by atoms with Gasteiger partial charge < -0.3 is 9.05 Å². The van der Waals surface area contributed by atoms with E-state index in [0.717, 1.165) is 0 Å². The summed E-state index contributed by atoms with van der Waals surface area (Å²) in [7, 11) is -3.32. The first kappa shape index (κ1) is 22.9. The molecule has 0 spiro atoms. The van der Waals surface area contributed by atoms with Gasteiger partial charge in [-0.2, -0.15) is 0 Å². The Morgan fingerprint density at radius 3 is 1.14 bits per heavy atom. The van der Waals surface area contributed by atoms with Gasteiger partial charge in [0.15, 0.2) is 0 Å². The molecule has 0 unspecified atom stereocenters. The van der Waals surface area contributed by atoms with Crippen LogP contribution >= 0.6 is 77.2 Å². The van der Waals surface area contributed by atoms with Gasteiger partial charge in [-0.1, -0.05) is 0 Å². The van der Waals surface area contributed by atoms with E-state index in [1.165, 1.54) is 6.66 Å². The monoisotopic (exact) mass is 440 g/mol. The Labute approximate surface area is 156 Å². The second kappa shape index (κ2) is 10.7. The topological polar surface area (TPSA) is 35.5 Å². The van der Waals surface area contributed by atoms with E-state index in [4.69, 9.17) is 78.7 Å². The van der Waals surface area contributed by atoms with E-state index in [1.807, 2.05) is 0 Å². The molecule has 0 aromatic rings. The molecular weight excluding hydrogens is 424 g/mol. The molecule has 21 heavy (non-hydrogen) atoms. The summed E-state index contributed by atoms with van der Waals surface area (Å²) in [4.78, 5) is 0. The molecule has 3 nitrogen and oxygen atoms in total. The van der Waals surface area contributed by atoms with E-state index in [2.05, 4.69) is 0 Å². The van der Waals surface area contributed by atoms with Crippen molar-refractivity contribution in [2.24, 2.45) is 10.8 Å². The van der Waals surface area contributed by atoms with Crippen LogP contribution in [0.4, 0.5) is 0 Å². The summed E-state index contributed by atoms with van der Waals surface area (Å²) in [5.74, 6) is 1.14. The van der Waals surface area contributed by atoms with Gasteiger partial charge in [0.25, 0.3) is 0 Å². The zero-order valence-corrected chi connectivity index (χ0v) is 17.0. The van der Waals surface area contributed by atoms with Crippen molar-refractivity contribution in [2.45, 2.75) is 0 Å². The molecule has 0 bridgehead atoms. The van der Waals surface area contributed by atoms with Crippen molar-refractivity contribution in [1.82, 2.24) is 0 Å². The van der Waals surface area contributed by atoms with Gasteiger partial charge in [-0.3, -0.25) is 4.57 Å². The van der Waals surface area contributed by atoms with Crippen LogP contribution < -0.4 is 0 Å². The number of hydrogen-bond donors (Lipinski definition) is 0. The van der Waals surface area contributed by atoms with E-state index >= 15 is 0 Å². The van der Waals surface area contributed by atoms with Crippen LogP contribution in [0.3, 0.4) is 0 Å². The maximum absolute atomic E-state index is 12.3. The fraction of sp³-hybridized carbons (Fsp3) is 1.00. The lowest BCUT2D eigenvalue weighted by atomic mass is 9.98. The standard InChI is InChI=1S/C11H19Cl6O3P/c1-21(18,19-8-10(2-12,3-13)4-14)20-9-11(5-15,6-16)7-17/h2-9H2,1H3. The molecule has 0 aliphatic rings. The molecule has 0 aromatic carbocycles. The molecule has 0 radical (unpaired) electrons. The van der Waals surface area contributed by atoms with E-state index in [-0.39, 0.29) is 48.5 Å². The van der Waals surface area contributed by atoms with Crippen molar-refractivity contribution in [3.8, 4) is 0 Å². The molecule has 0 rings (SSSR count). The summed E-state index contributed by atoms with van der Waals surface area (Å²) in [5, 5.41) is 0. The molecule has 0 aliphatic carbocycles. The van der Waals surface area contributed by atoms with Crippen LogP contribution in [0.25, 0.3) is 0 Å². The average Bonchev–Trinajstić information content (AvgIpc) is 2.51. The minimum atomic E-state index is -3.32. The Morgan fingerprint density at radius 1 is 0.714 bits per heavy atom. The van der Waals surface area contributed by atoms with Crippen molar-refractivity contribution in [2.75, 3.05) is 55.2 Å². The highest BCUT2D eigenvalue weighted by molar-refractivity contribution is 7.52. The smallest absolute Gasteiger partial charge is 0.308 e. The summed E-state index contributed by atoms with van der Waals surface area (Å²) >= 11 is 35.0. The molecule has 0 atom stereocenters. The van der Waals surface area contributed by atoms with Crippen molar-refractivity contribution in [3.05, 3.63) is 0 Å². The van der Waals surface area contributed by atoms with Crippen molar-refractivity contribution < 1.29 is 13.6 Å². The van der Waals surface area contributed by atoms with Gasteiger partial charge in [-0.15, -0.1) is 69.6 Å². The van der Waals surface area contributed by atoms with Crippen LogP contribution in [0, 0.1) is 10.8 Å². The number of alkyl halides is 6. The number of halogens is 6. The summed E-state index contributed by atoms with van der Waals surface area (Å²) in [5.41, 5.74) is -1.30. The van der Waals surface area contributed by atoms with Crippen LogP contribution in [0.15, 0.2) is 0 Å². The van der Waals surface area contributed by atoms with Crippen molar-refractivity contribution in [3.63, 3.8) is 0 Å². The third-order valence-corrected chi connectivity index (χ3v) is 7.51. The Kier molecular flexibility index (Phi) is 11.7. The van der Waals surface area contributed by atoms with Gasteiger partial charge in [-0.25, -0.2) is 0 Å². The predicted octanol–water partition coefficient (Wildman–Crippen LogP) is 5.25. The van der Waals surface area contributed by atoms with Crippen LogP contribution in [0.2, 0.25) is 0 Å². The van der Waals surface area contributed by atoms with Crippen LogP contribution in [0.1, 0.15) is 0 Å². The molecule has 10 heteroatoms. The maximum atomic E-state index is 12.3. The van der Waals surface area contributed by atoms with Crippen LogP contribution in [-0.2, 0) is 13.6 Å². The highest BCUT2D eigenvalue weighted by Crippen LogP contribution is 2.47. The Balaban J connectivity index is 4.60. The van der Waals surface area contributed by atoms with E-state index in [0.29, 0.717) is 0 Å². The molecule has 0 N–H and O–H groups in total. The summed E-state index contributed by atoms with van der Waals surface area (Å²) in [6.45, 7) is 1.43. The maximum Gasteiger partial charge on any atom is 0.327 e. The summed E-state index contributed by atoms with van der Waals surface area (Å²) in [6, 6.07) is 0. The molecule has 0 amide bonds. The number of hydrogen-bond acceptors (Lipinski definition) is 3. The quantitative estimate of drug-likeness (QED) is 0.306. The Hall–Kier alpha value is 1.89. The molecule has 0 heterocycles. The number of rotatable bonds is 12. The minimum Gasteiger partial charge on any atom is -0.308 e. The first-order chi connectivity index (χ1) is 9.78. The third kappa shape index (κ3) is 7.54. The highest BCUT2D eigenvalue weighted by atomic mass is 35.5. The van der Waals surface area contributed by atoms with Gasteiger partial charge in [0.2, 0.25) is 0 Å². The molecular formula is C11H19Cl6O3P. The molecule has 0 aliphatic heterocycles. The lowest BCUT2D eigenvalue weighted by molar-refractivity contribution is 0.132. The Morgan fingerprint density at radius 2 is 0.952 bits per heavy atom. The second-order valence-electron chi connectivity index (χ2n) is 5.12. The van der Waals surface area contributed by atoms with Crippen LogP contribution in [-0.4, -0.2) is 55.2 Å². The normalized spacial score (nSPS) is 13.7. The van der Waals surface area contributed by atoms with Crippen molar-refractivity contribution >= 4 is 77.2 Å².